The van der Waals surface area contributed by atoms with Gasteiger partial charge in [-0.1, -0.05) is 6.92 Å². The van der Waals surface area contributed by atoms with Crippen LogP contribution in [0.5, 0.6) is 0 Å². The molecule has 0 radical (unpaired) electrons. The summed E-state index contributed by atoms with van der Waals surface area (Å²) in [5.74, 6) is 1.65. The minimum absolute atomic E-state index is 0.222. The lowest BCUT2D eigenvalue weighted by Gasteiger charge is -2.20. The maximum Gasteiger partial charge on any atom is 0.189 e. The van der Waals surface area contributed by atoms with E-state index < -0.39 is 0 Å². The molecule has 0 aliphatic heterocycles. The minimum Gasteiger partial charge on any atom is -0.357 e. The fourth-order valence-electron chi connectivity index (χ4n) is 1.87. The van der Waals surface area contributed by atoms with E-state index in [4.69, 9.17) is 0 Å². The van der Waals surface area contributed by atoms with Crippen LogP contribution in [0.15, 0.2) is 18.3 Å². The van der Waals surface area contributed by atoms with Crippen molar-refractivity contribution in [3.63, 3.8) is 0 Å². The minimum atomic E-state index is 0.222. The van der Waals surface area contributed by atoms with Crippen molar-refractivity contribution in [3.8, 4) is 11.4 Å². The molecule has 2 aromatic rings. The third kappa shape index (κ3) is 2.96. The van der Waals surface area contributed by atoms with Crippen LogP contribution in [0.4, 0.5) is 5.82 Å². The number of H-pyrrole nitrogens is 1. The molecule has 2 heterocycles. The largest absolute Gasteiger partial charge is 0.357 e. The van der Waals surface area contributed by atoms with Crippen LogP contribution in [0.2, 0.25) is 0 Å². The van der Waals surface area contributed by atoms with Gasteiger partial charge in [-0.3, -0.25) is 9.89 Å². The number of hydrogen-bond donors (Lipinski definition) is 1. The maximum absolute atomic E-state index is 10.5. The van der Waals surface area contributed by atoms with Crippen LogP contribution >= 0.6 is 0 Å². The quantitative estimate of drug-likeness (QED) is 0.802. The number of aromatic nitrogens is 4. The number of pyridine rings is 1. The second kappa shape index (κ2) is 6.08. The van der Waals surface area contributed by atoms with Gasteiger partial charge in [0.1, 0.15) is 5.82 Å². The summed E-state index contributed by atoms with van der Waals surface area (Å²) < 4.78 is 0. The Labute approximate surface area is 111 Å². The first-order valence-electron chi connectivity index (χ1n) is 6.37. The predicted molar refractivity (Wildman–Crippen MR) is 73.2 cm³/mol. The van der Waals surface area contributed by atoms with Crippen LogP contribution in [0, 0.1) is 0 Å². The predicted octanol–water partition coefficient (Wildman–Crippen LogP) is 1.92. The molecule has 1 N–H and O–H groups in total. The van der Waals surface area contributed by atoms with E-state index in [2.05, 4.69) is 38.9 Å². The topological polar surface area (TPSA) is 74.8 Å². The van der Waals surface area contributed by atoms with E-state index in [1.54, 1.807) is 6.20 Å². The SMILES string of the molecule is CCCN(CC)c1ccc(-c2n[nH]c(C=O)n2)cn1. The van der Waals surface area contributed by atoms with Gasteiger partial charge in [0.15, 0.2) is 17.9 Å². The first-order chi connectivity index (χ1) is 9.28. The van der Waals surface area contributed by atoms with Crippen molar-refractivity contribution in [2.45, 2.75) is 20.3 Å². The van der Waals surface area contributed by atoms with Crippen LogP contribution in [0.3, 0.4) is 0 Å². The van der Waals surface area contributed by atoms with E-state index in [-0.39, 0.29) is 5.82 Å². The van der Waals surface area contributed by atoms with Gasteiger partial charge in [-0.15, -0.1) is 0 Å². The number of carbonyl (C=O) groups is 1. The normalized spacial score (nSPS) is 10.4. The van der Waals surface area contributed by atoms with Crippen molar-refractivity contribution in [2.24, 2.45) is 0 Å². The molecule has 0 saturated heterocycles. The van der Waals surface area contributed by atoms with Gasteiger partial charge in [0.05, 0.1) is 0 Å². The molecule has 0 spiro atoms. The van der Waals surface area contributed by atoms with Gasteiger partial charge < -0.3 is 4.90 Å². The van der Waals surface area contributed by atoms with Crippen LogP contribution in [-0.4, -0.2) is 39.5 Å². The molecule has 0 saturated carbocycles. The summed E-state index contributed by atoms with van der Waals surface area (Å²) >= 11 is 0. The summed E-state index contributed by atoms with van der Waals surface area (Å²) in [6.07, 6.45) is 3.45. The van der Waals surface area contributed by atoms with Gasteiger partial charge in [-0.05, 0) is 25.5 Å². The number of aldehydes is 1. The average Bonchev–Trinajstić information content (AvgIpc) is 2.94. The number of aromatic amines is 1. The Balaban J connectivity index is 2.19. The number of carbonyl (C=O) groups excluding carboxylic acids is 1. The Morgan fingerprint density at radius 2 is 2.21 bits per heavy atom. The fourth-order valence-corrected chi connectivity index (χ4v) is 1.87. The molecule has 0 aromatic carbocycles. The third-order valence-electron chi connectivity index (χ3n) is 2.82. The molecule has 0 fully saturated rings. The average molecular weight is 259 g/mol. The molecule has 6 heteroatoms. The van der Waals surface area contributed by atoms with Crippen molar-refractivity contribution in [1.29, 1.82) is 0 Å². The molecular weight excluding hydrogens is 242 g/mol. The van der Waals surface area contributed by atoms with Gasteiger partial charge in [0.25, 0.3) is 0 Å². The molecule has 2 rings (SSSR count). The molecule has 0 unspecified atom stereocenters. The Kier molecular flexibility index (Phi) is 4.22. The second-order valence-electron chi connectivity index (χ2n) is 4.15. The van der Waals surface area contributed by atoms with E-state index in [0.717, 1.165) is 30.9 Å². The van der Waals surface area contributed by atoms with Gasteiger partial charge in [-0.2, -0.15) is 5.10 Å². The van der Waals surface area contributed by atoms with Gasteiger partial charge in [0, 0.05) is 24.8 Å². The van der Waals surface area contributed by atoms with E-state index in [0.29, 0.717) is 12.1 Å². The van der Waals surface area contributed by atoms with E-state index in [1.807, 2.05) is 12.1 Å². The van der Waals surface area contributed by atoms with E-state index in [1.165, 1.54) is 0 Å². The Hall–Kier alpha value is -2.24. The third-order valence-corrected chi connectivity index (χ3v) is 2.82. The Morgan fingerprint density at radius 1 is 1.37 bits per heavy atom. The number of nitrogens with zero attached hydrogens (tertiary/aromatic N) is 4. The summed E-state index contributed by atoms with van der Waals surface area (Å²) in [6, 6.07) is 3.86. The van der Waals surface area contributed by atoms with Crippen LogP contribution in [0.1, 0.15) is 30.9 Å². The molecule has 2 aromatic heterocycles. The van der Waals surface area contributed by atoms with Crippen molar-refractivity contribution in [3.05, 3.63) is 24.2 Å². The monoisotopic (exact) mass is 259 g/mol. The smallest absolute Gasteiger partial charge is 0.189 e. The first-order valence-corrected chi connectivity index (χ1v) is 6.37. The molecule has 0 bridgehead atoms. The highest BCUT2D eigenvalue weighted by molar-refractivity contribution is 5.70. The summed E-state index contributed by atoms with van der Waals surface area (Å²) in [7, 11) is 0. The summed E-state index contributed by atoms with van der Waals surface area (Å²) in [5, 5.41) is 6.52. The van der Waals surface area contributed by atoms with Crippen molar-refractivity contribution in [1.82, 2.24) is 20.2 Å². The maximum atomic E-state index is 10.5. The van der Waals surface area contributed by atoms with Crippen molar-refractivity contribution < 1.29 is 4.79 Å². The van der Waals surface area contributed by atoms with E-state index in [9.17, 15) is 4.79 Å². The molecule has 6 nitrogen and oxygen atoms in total. The molecular formula is C13H17N5O. The lowest BCUT2D eigenvalue weighted by atomic mass is 10.2. The van der Waals surface area contributed by atoms with Crippen LogP contribution < -0.4 is 4.90 Å². The van der Waals surface area contributed by atoms with Crippen LogP contribution in [0.25, 0.3) is 11.4 Å². The highest BCUT2D eigenvalue weighted by atomic mass is 16.1. The molecule has 0 atom stereocenters. The van der Waals surface area contributed by atoms with E-state index >= 15 is 0 Å². The Bertz CT molecular complexity index is 534. The van der Waals surface area contributed by atoms with Gasteiger partial charge in [-0.25, -0.2) is 9.97 Å². The van der Waals surface area contributed by atoms with Crippen molar-refractivity contribution in [2.75, 3.05) is 18.0 Å². The van der Waals surface area contributed by atoms with Gasteiger partial charge >= 0.3 is 0 Å². The molecule has 19 heavy (non-hydrogen) atoms. The number of nitrogens with one attached hydrogen (secondary N) is 1. The lowest BCUT2D eigenvalue weighted by Crippen LogP contribution is -2.24. The zero-order valence-corrected chi connectivity index (χ0v) is 11.1. The highest BCUT2D eigenvalue weighted by Crippen LogP contribution is 2.17. The standard InChI is InChI=1S/C13H17N5O/c1-3-7-18(4-2)12-6-5-10(8-14-12)13-15-11(9-19)16-17-13/h5-6,8-9H,3-4,7H2,1-2H3,(H,15,16,17). The molecule has 0 aliphatic rings. The van der Waals surface area contributed by atoms with Crippen molar-refractivity contribution >= 4 is 12.1 Å². The van der Waals surface area contributed by atoms with Crippen LogP contribution in [-0.2, 0) is 0 Å². The molecule has 0 aliphatic carbocycles. The number of anilines is 1. The fraction of sp³-hybridized carbons (Fsp3) is 0.385. The zero-order valence-electron chi connectivity index (χ0n) is 11.1. The van der Waals surface area contributed by atoms with Gasteiger partial charge in [0.2, 0.25) is 0 Å². The number of hydrogen-bond acceptors (Lipinski definition) is 5. The molecule has 100 valence electrons. The summed E-state index contributed by atoms with van der Waals surface area (Å²) in [6.45, 7) is 6.16. The zero-order chi connectivity index (χ0) is 13.7. The Morgan fingerprint density at radius 3 is 2.74 bits per heavy atom. The highest BCUT2D eigenvalue weighted by Gasteiger charge is 2.08. The first kappa shape index (κ1) is 13.2. The summed E-state index contributed by atoms with van der Waals surface area (Å²) in [5.41, 5.74) is 0.792. The number of rotatable bonds is 6. The second-order valence-corrected chi connectivity index (χ2v) is 4.15. The lowest BCUT2D eigenvalue weighted by molar-refractivity contribution is 0.111. The summed E-state index contributed by atoms with van der Waals surface area (Å²) in [4.78, 5) is 21.2. The molecule has 0 amide bonds.